The van der Waals surface area contributed by atoms with Crippen LogP contribution in [0.1, 0.15) is 38.7 Å². The Morgan fingerprint density at radius 2 is 2.16 bits per heavy atom. The molecule has 0 aliphatic heterocycles. The summed E-state index contributed by atoms with van der Waals surface area (Å²) in [5.41, 5.74) is 1.02. The molecule has 1 aromatic carbocycles. The summed E-state index contributed by atoms with van der Waals surface area (Å²) in [6, 6.07) is 7.66. The highest BCUT2D eigenvalue weighted by Crippen LogP contribution is 2.22. The van der Waals surface area contributed by atoms with E-state index >= 15 is 0 Å². The largest absolute Gasteiger partial charge is 0.497 e. The second kappa shape index (κ2) is 7.82. The van der Waals surface area contributed by atoms with E-state index in [1.54, 1.807) is 7.11 Å². The first-order valence-corrected chi connectivity index (χ1v) is 6.92. The van der Waals surface area contributed by atoms with Gasteiger partial charge < -0.3 is 9.84 Å². The zero-order valence-corrected chi connectivity index (χ0v) is 12.1. The van der Waals surface area contributed by atoms with Gasteiger partial charge in [-0.15, -0.1) is 0 Å². The first-order chi connectivity index (χ1) is 9.06. The molecule has 0 aliphatic rings. The van der Waals surface area contributed by atoms with Crippen molar-refractivity contribution in [3.05, 3.63) is 29.8 Å². The Hall–Kier alpha value is -1.51. The fraction of sp³-hybridized carbons (Fsp3) is 0.562. The minimum Gasteiger partial charge on any atom is -0.497 e. The number of carboxylic acid groups (broad SMARTS) is 1. The molecule has 2 atom stereocenters. The summed E-state index contributed by atoms with van der Waals surface area (Å²) in [4.78, 5) is 11.4. The Labute approximate surface area is 115 Å². The van der Waals surface area contributed by atoms with Crippen LogP contribution in [-0.2, 0) is 11.2 Å². The van der Waals surface area contributed by atoms with Crippen molar-refractivity contribution in [3.63, 3.8) is 0 Å². The molecular weight excluding hydrogens is 240 g/mol. The molecule has 1 N–H and O–H groups in total. The van der Waals surface area contributed by atoms with E-state index in [2.05, 4.69) is 13.8 Å². The summed E-state index contributed by atoms with van der Waals surface area (Å²) in [6.45, 7) is 4.26. The molecule has 0 aromatic heterocycles. The topological polar surface area (TPSA) is 46.5 Å². The van der Waals surface area contributed by atoms with Crippen LogP contribution in [0.2, 0.25) is 0 Å². The van der Waals surface area contributed by atoms with E-state index in [0.717, 1.165) is 30.6 Å². The summed E-state index contributed by atoms with van der Waals surface area (Å²) in [7, 11) is 1.62. The predicted octanol–water partition coefficient (Wildman–Crippen LogP) is 3.76. The maximum absolute atomic E-state index is 11.4. The van der Waals surface area contributed by atoms with Crippen LogP contribution in [0.5, 0.6) is 5.75 Å². The molecule has 0 spiro atoms. The van der Waals surface area contributed by atoms with Crippen molar-refractivity contribution in [2.45, 2.75) is 39.5 Å². The summed E-state index contributed by atoms with van der Waals surface area (Å²) in [6.07, 6.45) is 3.50. The molecule has 3 nitrogen and oxygen atoms in total. The van der Waals surface area contributed by atoms with Crippen LogP contribution in [0.3, 0.4) is 0 Å². The molecule has 19 heavy (non-hydrogen) atoms. The molecule has 0 radical (unpaired) electrons. The number of hydrogen-bond acceptors (Lipinski definition) is 2. The monoisotopic (exact) mass is 264 g/mol. The van der Waals surface area contributed by atoms with Gasteiger partial charge in [-0.1, -0.05) is 38.8 Å². The molecule has 1 aromatic rings. The van der Waals surface area contributed by atoms with Crippen molar-refractivity contribution in [3.8, 4) is 5.75 Å². The third-order valence-corrected chi connectivity index (χ3v) is 3.43. The zero-order valence-electron chi connectivity index (χ0n) is 12.1. The van der Waals surface area contributed by atoms with Crippen molar-refractivity contribution < 1.29 is 14.6 Å². The lowest BCUT2D eigenvalue weighted by Crippen LogP contribution is -2.19. The van der Waals surface area contributed by atoms with Gasteiger partial charge in [0.1, 0.15) is 5.75 Å². The molecule has 0 fully saturated rings. The minimum atomic E-state index is -0.703. The van der Waals surface area contributed by atoms with Gasteiger partial charge in [0, 0.05) is 0 Å². The van der Waals surface area contributed by atoms with Crippen molar-refractivity contribution in [1.29, 1.82) is 0 Å². The SMILES string of the molecule is CCCC(C)CC(Cc1cccc(OC)c1)C(=O)O. The van der Waals surface area contributed by atoms with E-state index in [0.29, 0.717) is 12.3 Å². The van der Waals surface area contributed by atoms with E-state index in [1.807, 2.05) is 24.3 Å². The smallest absolute Gasteiger partial charge is 0.306 e. The first kappa shape index (κ1) is 15.5. The van der Waals surface area contributed by atoms with Crippen molar-refractivity contribution in [2.24, 2.45) is 11.8 Å². The van der Waals surface area contributed by atoms with E-state index < -0.39 is 5.97 Å². The first-order valence-electron chi connectivity index (χ1n) is 6.92. The minimum absolute atomic E-state index is 0.311. The van der Waals surface area contributed by atoms with Crippen LogP contribution in [-0.4, -0.2) is 18.2 Å². The standard InChI is InChI=1S/C16H24O3/c1-4-6-12(2)9-14(16(17)18)10-13-7-5-8-15(11-13)19-3/h5,7-8,11-12,14H,4,6,9-10H2,1-3H3,(H,17,18). The summed E-state index contributed by atoms with van der Waals surface area (Å²) in [5, 5.41) is 9.35. The normalized spacial score (nSPS) is 13.8. The number of hydrogen-bond donors (Lipinski definition) is 1. The number of carboxylic acids is 1. The molecule has 3 heteroatoms. The van der Waals surface area contributed by atoms with Crippen LogP contribution in [0.4, 0.5) is 0 Å². The van der Waals surface area contributed by atoms with E-state index in [9.17, 15) is 9.90 Å². The number of ether oxygens (including phenoxy) is 1. The van der Waals surface area contributed by atoms with Crippen LogP contribution >= 0.6 is 0 Å². The molecule has 106 valence electrons. The Balaban J connectivity index is 2.69. The van der Waals surface area contributed by atoms with Crippen LogP contribution in [0.25, 0.3) is 0 Å². The molecule has 2 unspecified atom stereocenters. The molecule has 0 bridgehead atoms. The van der Waals surface area contributed by atoms with Gasteiger partial charge in [-0.05, 0) is 36.5 Å². The van der Waals surface area contributed by atoms with Gasteiger partial charge in [-0.3, -0.25) is 4.79 Å². The van der Waals surface area contributed by atoms with Crippen molar-refractivity contribution >= 4 is 5.97 Å². The lowest BCUT2D eigenvalue weighted by atomic mass is 9.88. The highest BCUT2D eigenvalue weighted by Gasteiger charge is 2.20. The van der Waals surface area contributed by atoms with Gasteiger partial charge in [0.15, 0.2) is 0 Å². The number of rotatable bonds is 8. The van der Waals surface area contributed by atoms with Gasteiger partial charge in [0.2, 0.25) is 0 Å². The fourth-order valence-corrected chi connectivity index (χ4v) is 2.45. The maximum Gasteiger partial charge on any atom is 0.306 e. The highest BCUT2D eigenvalue weighted by molar-refractivity contribution is 5.70. The quantitative estimate of drug-likeness (QED) is 0.777. The molecule has 1 rings (SSSR count). The van der Waals surface area contributed by atoms with E-state index in [4.69, 9.17) is 4.74 Å². The Morgan fingerprint density at radius 3 is 2.74 bits per heavy atom. The van der Waals surface area contributed by atoms with Gasteiger partial charge in [-0.2, -0.15) is 0 Å². The lowest BCUT2D eigenvalue weighted by molar-refractivity contribution is -0.142. The number of benzene rings is 1. The Bertz CT molecular complexity index is 401. The van der Waals surface area contributed by atoms with E-state index in [-0.39, 0.29) is 5.92 Å². The van der Waals surface area contributed by atoms with Gasteiger partial charge >= 0.3 is 5.97 Å². The third-order valence-electron chi connectivity index (χ3n) is 3.43. The van der Waals surface area contributed by atoms with E-state index in [1.165, 1.54) is 0 Å². The lowest BCUT2D eigenvalue weighted by Gasteiger charge is -2.17. The highest BCUT2D eigenvalue weighted by atomic mass is 16.5. The zero-order chi connectivity index (χ0) is 14.3. The van der Waals surface area contributed by atoms with Gasteiger partial charge in [0.25, 0.3) is 0 Å². The summed E-state index contributed by atoms with van der Waals surface area (Å²) >= 11 is 0. The Kier molecular flexibility index (Phi) is 6.40. The molecule has 0 saturated carbocycles. The molecule has 0 saturated heterocycles. The average Bonchev–Trinajstić information content (AvgIpc) is 2.38. The Morgan fingerprint density at radius 1 is 1.42 bits per heavy atom. The average molecular weight is 264 g/mol. The summed E-state index contributed by atoms with van der Waals surface area (Å²) < 4.78 is 5.17. The molecular formula is C16H24O3. The van der Waals surface area contributed by atoms with Gasteiger partial charge in [-0.25, -0.2) is 0 Å². The maximum atomic E-state index is 11.4. The molecule has 0 heterocycles. The van der Waals surface area contributed by atoms with Crippen molar-refractivity contribution in [1.82, 2.24) is 0 Å². The van der Waals surface area contributed by atoms with Crippen molar-refractivity contribution in [2.75, 3.05) is 7.11 Å². The van der Waals surface area contributed by atoms with Crippen LogP contribution in [0.15, 0.2) is 24.3 Å². The number of carbonyl (C=O) groups is 1. The van der Waals surface area contributed by atoms with Crippen LogP contribution < -0.4 is 4.74 Å². The van der Waals surface area contributed by atoms with Gasteiger partial charge in [0.05, 0.1) is 13.0 Å². The number of methoxy groups -OCH3 is 1. The molecule has 0 aliphatic carbocycles. The summed E-state index contributed by atoms with van der Waals surface area (Å²) in [5.74, 6) is 0.222. The third kappa shape index (κ3) is 5.33. The second-order valence-corrected chi connectivity index (χ2v) is 5.22. The number of aliphatic carboxylic acids is 1. The molecule has 0 amide bonds. The predicted molar refractivity (Wildman–Crippen MR) is 76.5 cm³/mol. The van der Waals surface area contributed by atoms with Crippen LogP contribution in [0, 0.1) is 11.8 Å². The second-order valence-electron chi connectivity index (χ2n) is 5.22. The fourth-order valence-electron chi connectivity index (χ4n) is 2.45.